The Hall–Kier alpha value is 0.270. The Morgan fingerprint density at radius 1 is 1.17 bits per heavy atom. The fourth-order valence-electron chi connectivity index (χ4n) is 3.70. The Bertz CT molecular complexity index is 221. The number of nitrogens with zero attached hydrogens (tertiary/aromatic N) is 1. The molecule has 1 N–H and O–H groups in total. The molecule has 0 amide bonds. The summed E-state index contributed by atoms with van der Waals surface area (Å²) in [7, 11) is 0. The van der Waals surface area contributed by atoms with Crippen molar-refractivity contribution in [2.45, 2.75) is 70.0 Å². The summed E-state index contributed by atoms with van der Waals surface area (Å²) in [5.41, 5.74) is 0. The molecule has 106 valence electrons. The summed E-state index contributed by atoms with van der Waals surface area (Å²) in [5, 5.41) is 3.74. The number of thioether (sulfide) groups is 1. The van der Waals surface area contributed by atoms with Crippen LogP contribution in [0.2, 0.25) is 0 Å². The van der Waals surface area contributed by atoms with Gasteiger partial charge < -0.3 is 5.32 Å². The highest BCUT2D eigenvalue weighted by molar-refractivity contribution is 7.98. The summed E-state index contributed by atoms with van der Waals surface area (Å²) in [5.74, 6) is 1.34. The third kappa shape index (κ3) is 3.88. The zero-order valence-electron chi connectivity index (χ0n) is 12.2. The highest BCUT2D eigenvalue weighted by Crippen LogP contribution is 2.35. The lowest BCUT2D eigenvalue weighted by atomic mass is 9.97. The molecule has 0 aromatic carbocycles. The van der Waals surface area contributed by atoms with E-state index in [1.807, 2.05) is 11.8 Å². The van der Waals surface area contributed by atoms with Gasteiger partial charge in [-0.05, 0) is 70.0 Å². The first-order chi connectivity index (χ1) is 8.85. The molecule has 0 aliphatic carbocycles. The normalized spacial score (nSPS) is 32.0. The van der Waals surface area contributed by atoms with Gasteiger partial charge in [0.05, 0.1) is 0 Å². The molecular weight excluding hydrogens is 240 g/mol. The largest absolute Gasteiger partial charge is 0.314 e. The third-order valence-electron chi connectivity index (χ3n) is 4.58. The van der Waals surface area contributed by atoms with E-state index in [0.29, 0.717) is 0 Å². The van der Waals surface area contributed by atoms with Gasteiger partial charge in [0, 0.05) is 18.1 Å². The van der Waals surface area contributed by atoms with E-state index in [0.717, 1.165) is 18.1 Å². The molecule has 18 heavy (non-hydrogen) atoms. The number of hydrogen-bond acceptors (Lipinski definition) is 3. The van der Waals surface area contributed by atoms with Crippen molar-refractivity contribution in [3.63, 3.8) is 0 Å². The molecule has 2 saturated heterocycles. The molecule has 0 saturated carbocycles. The minimum absolute atomic E-state index is 0.810. The van der Waals surface area contributed by atoms with E-state index in [4.69, 9.17) is 0 Å². The molecule has 2 aliphatic rings. The summed E-state index contributed by atoms with van der Waals surface area (Å²) >= 11 is 1.99. The number of unbranched alkanes of at least 4 members (excludes halogenated alkanes) is 1. The first-order valence-corrected chi connectivity index (χ1v) is 9.22. The maximum Gasteiger partial charge on any atom is 0.0114 e. The lowest BCUT2D eigenvalue weighted by molar-refractivity contribution is 0.115. The van der Waals surface area contributed by atoms with Crippen LogP contribution in [0.3, 0.4) is 0 Å². The maximum absolute atomic E-state index is 3.74. The van der Waals surface area contributed by atoms with Gasteiger partial charge in [-0.3, -0.25) is 4.90 Å². The van der Waals surface area contributed by atoms with Gasteiger partial charge in [0.15, 0.2) is 0 Å². The van der Waals surface area contributed by atoms with Crippen LogP contribution in [0.4, 0.5) is 0 Å². The quantitative estimate of drug-likeness (QED) is 0.682. The Morgan fingerprint density at radius 3 is 2.50 bits per heavy atom. The van der Waals surface area contributed by atoms with E-state index in [2.05, 4.69) is 23.4 Å². The average Bonchev–Trinajstić information content (AvgIpc) is 2.62. The highest BCUT2D eigenvalue weighted by Gasteiger charge is 2.39. The van der Waals surface area contributed by atoms with Crippen LogP contribution in [-0.4, -0.2) is 48.1 Å². The van der Waals surface area contributed by atoms with Gasteiger partial charge in [0.2, 0.25) is 0 Å². The predicted octanol–water partition coefficient (Wildman–Crippen LogP) is 3.12. The van der Waals surface area contributed by atoms with Gasteiger partial charge in [-0.1, -0.05) is 6.92 Å². The van der Waals surface area contributed by atoms with Crippen molar-refractivity contribution in [1.29, 1.82) is 0 Å². The van der Waals surface area contributed by atoms with Gasteiger partial charge in [-0.25, -0.2) is 0 Å². The third-order valence-corrected chi connectivity index (χ3v) is 5.28. The number of nitrogens with one attached hydrogen (secondary N) is 1. The smallest absolute Gasteiger partial charge is 0.0114 e. The Morgan fingerprint density at radius 2 is 1.89 bits per heavy atom. The second-order valence-corrected chi connectivity index (χ2v) is 6.93. The van der Waals surface area contributed by atoms with Crippen LogP contribution in [0, 0.1) is 0 Å². The topological polar surface area (TPSA) is 15.3 Å². The maximum atomic E-state index is 3.74. The molecule has 2 fully saturated rings. The van der Waals surface area contributed by atoms with E-state index >= 15 is 0 Å². The standard InChI is InChI=1S/C15H30N2S/c1-3-8-16-13-11-14-6-7-15(12-13)17(14)9-4-5-10-18-2/h13-16H,3-12H2,1-2H3. The van der Waals surface area contributed by atoms with E-state index in [1.54, 1.807) is 0 Å². The molecule has 2 atom stereocenters. The number of piperidine rings is 1. The number of fused-ring (bicyclic) bond motifs is 2. The molecule has 3 heteroatoms. The second-order valence-electron chi connectivity index (χ2n) is 5.95. The summed E-state index contributed by atoms with van der Waals surface area (Å²) in [6.45, 7) is 4.83. The summed E-state index contributed by atoms with van der Waals surface area (Å²) in [6.07, 6.45) is 12.0. The molecule has 2 heterocycles. The Balaban J connectivity index is 1.72. The molecule has 2 rings (SSSR count). The van der Waals surface area contributed by atoms with Gasteiger partial charge in [0.1, 0.15) is 0 Å². The Kier molecular flexibility index (Phi) is 6.33. The summed E-state index contributed by atoms with van der Waals surface area (Å²) < 4.78 is 0. The molecule has 2 aliphatic heterocycles. The van der Waals surface area contributed by atoms with Crippen molar-refractivity contribution in [1.82, 2.24) is 10.2 Å². The number of hydrogen-bond donors (Lipinski definition) is 1. The molecule has 0 aromatic heterocycles. The molecule has 0 spiro atoms. The van der Waals surface area contributed by atoms with Gasteiger partial charge in [0.25, 0.3) is 0 Å². The summed E-state index contributed by atoms with van der Waals surface area (Å²) in [4.78, 5) is 2.84. The predicted molar refractivity (Wildman–Crippen MR) is 82.4 cm³/mol. The molecule has 2 nitrogen and oxygen atoms in total. The fraction of sp³-hybridized carbons (Fsp3) is 1.00. The van der Waals surface area contributed by atoms with E-state index in [9.17, 15) is 0 Å². The van der Waals surface area contributed by atoms with Crippen molar-refractivity contribution in [3.8, 4) is 0 Å². The monoisotopic (exact) mass is 270 g/mol. The van der Waals surface area contributed by atoms with Crippen LogP contribution < -0.4 is 5.32 Å². The van der Waals surface area contributed by atoms with E-state index in [1.165, 1.54) is 63.8 Å². The zero-order valence-corrected chi connectivity index (χ0v) is 13.0. The molecule has 2 unspecified atom stereocenters. The molecule has 0 radical (unpaired) electrons. The lowest BCUT2D eigenvalue weighted by Crippen LogP contribution is -2.49. The summed E-state index contributed by atoms with van der Waals surface area (Å²) in [6, 6.07) is 2.60. The average molecular weight is 270 g/mol. The first-order valence-electron chi connectivity index (χ1n) is 7.83. The van der Waals surface area contributed by atoms with Crippen LogP contribution in [0.5, 0.6) is 0 Å². The Labute approximate surface area is 117 Å². The van der Waals surface area contributed by atoms with Crippen LogP contribution >= 0.6 is 11.8 Å². The van der Waals surface area contributed by atoms with Crippen molar-refractivity contribution in [3.05, 3.63) is 0 Å². The number of rotatable bonds is 8. The van der Waals surface area contributed by atoms with Crippen LogP contribution in [0.15, 0.2) is 0 Å². The van der Waals surface area contributed by atoms with Gasteiger partial charge in [-0.2, -0.15) is 11.8 Å². The minimum Gasteiger partial charge on any atom is -0.314 e. The molecule has 2 bridgehead atoms. The fourth-order valence-corrected chi connectivity index (χ4v) is 4.19. The van der Waals surface area contributed by atoms with Gasteiger partial charge in [-0.15, -0.1) is 0 Å². The second kappa shape index (κ2) is 7.76. The molecule has 0 aromatic rings. The van der Waals surface area contributed by atoms with Crippen LogP contribution in [0.1, 0.15) is 51.9 Å². The van der Waals surface area contributed by atoms with Crippen molar-refractivity contribution >= 4 is 11.8 Å². The van der Waals surface area contributed by atoms with Crippen molar-refractivity contribution in [2.75, 3.05) is 25.1 Å². The highest BCUT2D eigenvalue weighted by atomic mass is 32.2. The van der Waals surface area contributed by atoms with Crippen LogP contribution in [0.25, 0.3) is 0 Å². The van der Waals surface area contributed by atoms with Crippen LogP contribution in [-0.2, 0) is 0 Å². The zero-order chi connectivity index (χ0) is 12.8. The van der Waals surface area contributed by atoms with Crippen molar-refractivity contribution < 1.29 is 0 Å². The van der Waals surface area contributed by atoms with E-state index in [-0.39, 0.29) is 0 Å². The minimum atomic E-state index is 0.810. The SMILES string of the molecule is CCCNC1CC2CCC(C1)N2CCCCSC. The van der Waals surface area contributed by atoms with Crippen molar-refractivity contribution in [2.24, 2.45) is 0 Å². The molecular formula is C15H30N2S. The first kappa shape index (κ1) is 14.7. The van der Waals surface area contributed by atoms with E-state index < -0.39 is 0 Å². The van der Waals surface area contributed by atoms with Gasteiger partial charge >= 0.3 is 0 Å². The lowest BCUT2D eigenvalue weighted by Gasteiger charge is -2.39.